The molecule has 1 aromatic heterocycles. The van der Waals surface area contributed by atoms with Crippen LogP contribution in [-0.2, 0) is 0 Å². The number of hydrogen-bond acceptors (Lipinski definition) is 3. The van der Waals surface area contributed by atoms with Crippen molar-refractivity contribution in [3.05, 3.63) is 28.5 Å². The van der Waals surface area contributed by atoms with E-state index in [9.17, 15) is 4.39 Å². The Balaban J connectivity index is 2.63. The summed E-state index contributed by atoms with van der Waals surface area (Å²) in [6.45, 7) is 0. The summed E-state index contributed by atoms with van der Waals surface area (Å²) < 4.78 is 19.5. The third kappa shape index (κ3) is 1.88. The van der Waals surface area contributed by atoms with Gasteiger partial charge in [-0.1, -0.05) is 15.9 Å². The van der Waals surface area contributed by atoms with E-state index in [2.05, 4.69) is 26.1 Å². The van der Waals surface area contributed by atoms with Gasteiger partial charge in [-0.15, -0.1) is 0 Å². The molecule has 0 atom stereocenters. The molecule has 0 aliphatic rings. The van der Waals surface area contributed by atoms with Crippen LogP contribution in [0.25, 0.3) is 11.3 Å². The number of rotatable bonds is 2. The van der Waals surface area contributed by atoms with Gasteiger partial charge in [-0.05, 0) is 12.1 Å². The van der Waals surface area contributed by atoms with Crippen LogP contribution in [0.5, 0.6) is 5.75 Å². The number of H-pyrrole nitrogens is 1. The molecule has 2 rings (SSSR count). The predicted octanol–water partition coefficient (Wildman–Crippen LogP) is 2.57. The molecule has 4 nitrogen and oxygen atoms in total. The number of benzene rings is 1. The molecular weight excluding hydrogens is 277 g/mol. The Hall–Kier alpha value is -1.56. The van der Waals surface area contributed by atoms with Crippen molar-refractivity contribution in [3.63, 3.8) is 0 Å². The standard InChI is InChI=1S/C10H9BrFN3O/c1-16-8-3-5(11)2-6(12)10(8)7-4-9(13)15-14-7/h2-4H,1H3,(H3,13,14,15). The zero-order valence-corrected chi connectivity index (χ0v) is 10.0. The lowest BCUT2D eigenvalue weighted by Crippen LogP contribution is -1.92. The minimum absolute atomic E-state index is 0.305. The minimum atomic E-state index is -0.408. The second-order valence-electron chi connectivity index (χ2n) is 3.17. The summed E-state index contributed by atoms with van der Waals surface area (Å²) in [6, 6.07) is 4.58. The molecule has 0 radical (unpaired) electrons. The average Bonchev–Trinajstić information content (AvgIpc) is 2.63. The molecule has 0 aliphatic heterocycles. The molecule has 3 N–H and O–H groups in total. The van der Waals surface area contributed by atoms with Crippen LogP contribution in [-0.4, -0.2) is 17.3 Å². The smallest absolute Gasteiger partial charge is 0.145 e. The van der Waals surface area contributed by atoms with Gasteiger partial charge in [0.25, 0.3) is 0 Å². The molecule has 0 bridgehead atoms. The van der Waals surface area contributed by atoms with E-state index in [0.717, 1.165) is 0 Å². The largest absolute Gasteiger partial charge is 0.496 e. The summed E-state index contributed by atoms with van der Waals surface area (Å²) in [6.07, 6.45) is 0. The van der Waals surface area contributed by atoms with E-state index in [1.165, 1.54) is 13.2 Å². The number of aromatic nitrogens is 2. The lowest BCUT2D eigenvalue weighted by Gasteiger charge is -2.08. The molecule has 0 spiro atoms. The third-order valence-electron chi connectivity index (χ3n) is 2.11. The SMILES string of the molecule is COc1cc(Br)cc(F)c1-c1cc(N)n[nH]1. The summed E-state index contributed by atoms with van der Waals surface area (Å²) in [7, 11) is 1.48. The Morgan fingerprint density at radius 3 is 2.75 bits per heavy atom. The van der Waals surface area contributed by atoms with Gasteiger partial charge in [0.1, 0.15) is 17.4 Å². The zero-order chi connectivity index (χ0) is 11.7. The van der Waals surface area contributed by atoms with Crippen LogP contribution in [0.3, 0.4) is 0 Å². The van der Waals surface area contributed by atoms with E-state index in [-0.39, 0.29) is 0 Å². The maximum Gasteiger partial charge on any atom is 0.145 e. The Labute approximate surface area is 99.7 Å². The number of nitrogens with two attached hydrogens (primary N) is 1. The Morgan fingerprint density at radius 2 is 2.19 bits per heavy atom. The molecule has 16 heavy (non-hydrogen) atoms. The summed E-state index contributed by atoms with van der Waals surface area (Å²) >= 11 is 3.20. The van der Waals surface area contributed by atoms with Crippen molar-refractivity contribution in [3.8, 4) is 17.0 Å². The highest BCUT2D eigenvalue weighted by Gasteiger charge is 2.15. The van der Waals surface area contributed by atoms with Crippen LogP contribution in [0.15, 0.2) is 22.7 Å². The lowest BCUT2D eigenvalue weighted by molar-refractivity contribution is 0.413. The van der Waals surface area contributed by atoms with Gasteiger partial charge in [0.05, 0.1) is 18.4 Å². The van der Waals surface area contributed by atoms with Gasteiger partial charge in [-0.2, -0.15) is 5.10 Å². The number of aromatic amines is 1. The number of halogens is 2. The van der Waals surface area contributed by atoms with Crippen LogP contribution in [0.1, 0.15) is 0 Å². The van der Waals surface area contributed by atoms with Gasteiger partial charge in [0.2, 0.25) is 0 Å². The molecule has 2 aromatic rings. The number of ether oxygens (including phenoxy) is 1. The number of nitrogens with zero attached hydrogens (tertiary/aromatic N) is 1. The number of nitrogens with one attached hydrogen (secondary N) is 1. The number of nitrogen functional groups attached to an aromatic ring is 1. The second-order valence-corrected chi connectivity index (χ2v) is 4.09. The molecule has 6 heteroatoms. The zero-order valence-electron chi connectivity index (χ0n) is 8.42. The Morgan fingerprint density at radius 1 is 1.44 bits per heavy atom. The van der Waals surface area contributed by atoms with Crippen LogP contribution < -0.4 is 10.5 Å². The molecule has 1 aromatic carbocycles. The van der Waals surface area contributed by atoms with Gasteiger partial charge < -0.3 is 10.5 Å². The van der Waals surface area contributed by atoms with Gasteiger partial charge in [-0.25, -0.2) is 4.39 Å². The van der Waals surface area contributed by atoms with Gasteiger partial charge >= 0.3 is 0 Å². The molecule has 0 amide bonds. The highest BCUT2D eigenvalue weighted by molar-refractivity contribution is 9.10. The Kier molecular flexibility index (Phi) is 2.82. The first-order valence-electron chi connectivity index (χ1n) is 4.46. The number of hydrogen-bond donors (Lipinski definition) is 2. The van der Waals surface area contributed by atoms with Gasteiger partial charge in [0.15, 0.2) is 0 Å². The maximum atomic E-state index is 13.8. The molecule has 0 saturated heterocycles. The number of methoxy groups -OCH3 is 1. The highest BCUT2D eigenvalue weighted by atomic mass is 79.9. The lowest BCUT2D eigenvalue weighted by atomic mass is 10.1. The minimum Gasteiger partial charge on any atom is -0.496 e. The van der Waals surface area contributed by atoms with Crippen LogP contribution in [0, 0.1) is 5.82 Å². The van der Waals surface area contributed by atoms with Crippen molar-refractivity contribution in [2.45, 2.75) is 0 Å². The molecule has 0 unspecified atom stereocenters. The van der Waals surface area contributed by atoms with E-state index >= 15 is 0 Å². The molecule has 0 aliphatic carbocycles. The quantitative estimate of drug-likeness (QED) is 0.891. The second kappa shape index (κ2) is 4.13. The molecule has 0 saturated carbocycles. The summed E-state index contributed by atoms with van der Waals surface area (Å²) in [5.74, 6) is 0.310. The maximum absolute atomic E-state index is 13.8. The topological polar surface area (TPSA) is 63.9 Å². The highest BCUT2D eigenvalue weighted by Crippen LogP contribution is 2.34. The van der Waals surface area contributed by atoms with E-state index < -0.39 is 5.82 Å². The van der Waals surface area contributed by atoms with E-state index in [1.54, 1.807) is 12.1 Å². The van der Waals surface area contributed by atoms with Crippen LogP contribution >= 0.6 is 15.9 Å². The number of anilines is 1. The average molecular weight is 286 g/mol. The van der Waals surface area contributed by atoms with Crippen molar-refractivity contribution in [2.24, 2.45) is 0 Å². The van der Waals surface area contributed by atoms with E-state index in [1.807, 2.05) is 0 Å². The molecule has 84 valence electrons. The molecular formula is C10H9BrFN3O. The first-order valence-corrected chi connectivity index (χ1v) is 5.25. The third-order valence-corrected chi connectivity index (χ3v) is 2.56. The Bertz CT molecular complexity index is 527. The molecule has 1 heterocycles. The van der Waals surface area contributed by atoms with Crippen molar-refractivity contribution < 1.29 is 9.13 Å². The van der Waals surface area contributed by atoms with Crippen molar-refractivity contribution >= 4 is 21.7 Å². The van der Waals surface area contributed by atoms with Gasteiger partial charge in [0, 0.05) is 10.5 Å². The fourth-order valence-corrected chi connectivity index (χ4v) is 1.85. The fraction of sp³-hybridized carbons (Fsp3) is 0.100. The van der Waals surface area contributed by atoms with Crippen molar-refractivity contribution in [1.29, 1.82) is 0 Å². The van der Waals surface area contributed by atoms with Crippen LogP contribution in [0.4, 0.5) is 10.2 Å². The summed E-state index contributed by atoms with van der Waals surface area (Å²) in [5, 5.41) is 6.40. The first-order chi connectivity index (χ1) is 7.61. The summed E-state index contributed by atoms with van der Waals surface area (Å²) in [5.41, 5.74) is 6.27. The van der Waals surface area contributed by atoms with E-state index in [4.69, 9.17) is 10.5 Å². The molecule has 0 fully saturated rings. The first kappa shape index (κ1) is 10.9. The normalized spacial score (nSPS) is 10.4. The monoisotopic (exact) mass is 285 g/mol. The van der Waals surface area contributed by atoms with Gasteiger partial charge in [-0.3, -0.25) is 5.10 Å². The van der Waals surface area contributed by atoms with Crippen molar-refractivity contribution in [1.82, 2.24) is 10.2 Å². The predicted molar refractivity (Wildman–Crippen MR) is 62.6 cm³/mol. The van der Waals surface area contributed by atoms with E-state index in [0.29, 0.717) is 27.3 Å². The fourth-order valence-electron chi connectivity index (χ4n) is 1.44. The summed E-state index contributed by atoms with van der Waals surface area (Å²) in [4.78, 5) is 0. The van der Waals surface area contributed by atoms with Crippen molar-refractivity contribution in [2.75, 3.05) is 12.8 Å². The van der Waals surface area contributed by atoms with Crippen LogP contribution in [0.2, 0.25) is 0 Å².